The van der Waals surface area contributed by atoms with Crippen LogP contribution in [0.3, 0.4) is 0 Å². The first kappa shape index (κ1) is 13.2. The average molecular weight is 308 g/mol. The topological polar surface area (TPSA) is 26.0 Å². The van der Waals surface area contributed by atoms with Gasteiger partial charge in [-0.3, -0.25) is 0 Å². The van der Waals surface area contributed by atoms with Gasteiger partial charge in [-0.2, -0.15) is 0 Å². The predicted octanol–water partition coefficient (Wildman–Crippen LogP) is 4.22. The molecule has 0 saturated heterocycles. The molecular formula is C15H15BrFN. The fraction of sp³-hybridized carbons (Fsp3) is 0.200. The molecule has 0 saturated carbocycles. The molecule has 2 aromatic rings. The lowest BCUT2D eigenvalue weighted by Crippen LogP contribution is -2.12. The van der Waals surface area contributed by atoms with Crippen LogP contribution in [0.2, 0.25) is 0 Å². The summed E-state index contributed by atoms with van der Waals surface area (Å²) in [4.78, 5) is 0. The van der Waals surface area contributed by atoms with Crippen LogP contribution in [0.5, 0.6) is 0 Å². The minimum absolute atomic E-state index is 0.157. The van der Waals surface area contributed by atoms with Gasteiger partial charge in [-0.15, -0.1) is 0 Å². The first-order chi connectivity index (χ1) is 8.66. The van der Waals surface area contributed by atoms with Gasteiger partial charge in [0.05, 0.1) is 0 Å². The molecule has 2 rings (SSSR count). The Morgan fingerprint density at radius 2 is 1.83 bits per heavy atom. The molecule has 0 amide bonds. The van der Waals surface area contributed by atoms with Crippen molar-refractivity contribution in [2.75, 3.05) is 0 Å². The highest BCUT2D eigenvalue weighted by molar-refractivity contribution is 9.10. The van der Waals surface area contributed by atoms with Crippen molar-refractivity contribution >= 4 is 15.9 Å². The van der Waals surface area contributed by atoms with Crippen LogP contribution in [-0.2, 0) is 6.42 Å². The summed E-state index contributed by atoms with van der Waals surface area (Å²) in [6.45, 7) is 0. The van der Waals surface area contributed by atoms with Gasteiger partial charge in [0, 0.05) is 10.5 Å². The van der Waals surface area contributed by atoms with Crippen molar-refractivity contribution in [3.8, 4) is 0 Å². The van der Waals surface area contributed by atoms with Gasteiger partial charge < -0.3 is 5.73 Å². The normalized spacial score (nSPS) is 12.4. The maximum atomic E-state index is 13.2. The van der Waals surface area contributed by atoms with Gasteiger partial charge >= 0.3 is 0 Å². The van der Waals surface area contributed by atoms with Crippen LogP contribution in [0.25, 0.3) is 0 Å². The number of rotatable bonds is 4. The average Bonchev–Trinajstić information content (AvgIpc) is 2.40. The van der Waals surface area contributed by atoms with E-state index >= 15 is 0 Å². The van der Waals surface area contributed by atoms with Crippen LogP contribution in [0.4, 0.5) is 4.39 Å². The van der Waals surface area contributed by atoms with Crippen molar-refractivity contribution in [3.05, 3.63) is 69.9 Å². The Morgan fingerprint density at radius 1 is 1.11 bits per heavy atom. The molecule has 1 atom stereocenters. The lowest BCUT2D eigenvalue weighted by Gasteiger charge is -2.14. The number of hydrogen-bond donors (Lipinski definition) is 1. The van der Waals surface area contributed by atoms with Gasteiger partial charge in [-0.25, -0.2) is 4.39 Å². The van der Waals surface area contributed by atoms with Crippen molar-refractivity contribution in [1.82, 2.24) is 0 Å². The highest BCUT2D eigenvalue weighted by atomic mass is 79.9. The van der Waals surface area contributed by atoms with Crippen LogP contribution in [0.15, 0.2) is 53.0 Å². The quantitative estimate of drug-likeness (QED) is 0.899. The van der Waals surface area contributed by atoms with E-state index in [0.29, 0.717) is 0 Å². The Morgan fingerprint density at radius 3 is 2.56 bits per heavy atom. The maximum Gasteiger partial charge on any atom is 0.123 e. The second kappa shape index (κ2) is 6.12. The Bertz CT molecular complexity index is 513. The van der Waals surface area contributed by atoms with Crippen molar-refractivity contribution in [1.29, 1.82) is 0 Å². The molecule has 1 nitrogen and oxygen atoms in total. The van der Waals surface area contributed by atoms with Gasteiger partial charge in [-0.1, -0.05) is 46.3 Å². The third-order valence-corrected chi connectivity index (χ3v) is 3.67. The van der Waals surface area contributed by atoms with Crippen molar-refractivity contribution in [2.24, 2.45) is 5.73 Å². The molecule has 18 heavy (non-hydrogen) atoms. The molecular weight excluding hydrogens is 293 g/mol. The summed E-state index contributed by atoms with van der Waals surface area (Å²) in [6.07, 6.45) is 1.69. The molecule has 0 spiro atoms. The molecule has 2 aromatic carbocycles. The molecule has 0 bridgehead atoms. The van der Waals surface area contributed by atoms with Gasteiger partial charge in [-0.05, 0) is 42.2 Å². The molecule has 0 aliphatic rings. The molecule has 3 heteroatoms. The highest BCUT2D eigenvalue weighted by Gasteiger charge is 2.11. The summed E-state index contributed by atoms with van der Waals surface area (Å²) >= 11 is 3.41. The lowest BCUT2D eigenvalue weighted by molar-refractivity contribution is 0.607. The van der Waals surface area contributed by atoms with E-state index in [2.05, 4.69) is 28.1 Å². The smallest absolute Gasteiger partial charge is 0.123 e. The molecule has 0 aliphatic carbocycles. The van der Waals surface area contributed by atoms with Crippen molar-refractivity contribution in [3.63, 3.8) is 0 Å². The summed E-state index contributed by atoms with van der Waals surface area (Å²) in [7, 11) is 0. The molecule has 0 aromatic heterocycles. The Balaban J connectivity index is 2.03. The summed E-state index contributed by atoms with van der Waals surface area (Å²) in [5.41, 5.74) is 8.19. The van der Waals surface area contributed by atoms with Crippen molar-refractivity contribution < 1.29 is 4.39 Å². The van der Waals surface area contributed by atoms with E-state index in [9.17, 15) is 4.39 Å². The largest absolute Gasteiger partial charge is 0.324 e. The van der Waals surface area contributed by atoms with Crippen molar-refractivity contribution in [2.45, 2.75) is 18.9 Å². The van der Waals surface area contributed by atoms with Crippen LogP contribution >= 0.6 is 15.9 Å². The number of nitrogens with two attached hydrogens (primary N) is 1. The third kappa shape index (κ3) is 3.40. The number of aryl methyl sites for hydroxylation is 1. The summed E-state index contributed by atoms with van der Waals surface area (Å²) < 4.78 is 14.1. The zero-order chi connectivity index (χ0) is 13.0. The van der Waals surface area contributed by atoms with Crippen LogP contribution < -0.4 is 5.73 Å². The Kier molecular flexibility index (Phi) is 4.50. The minimum Gasteiger partial charge on any atom is -0.324 e. The molecule has 94 valence electrons. The Labute approximate surface area is 115 Å². The fourth-order valence-electron chi connectivity index (χ4n) is 1.92. The van der Waals surface area contributed by atoms with Gasteiger partial charge in [0.1, 0.15) is 5.82 Å². The maximum absolute atomic E-state index is 13.2. The van der Waals surface area contributed by atoms with Gasteiger partial charge in [0.25, 0.3) is 0 Å². The molecule has 1 unspecified atom stereocenters. The predicted molar refractivity (Wildman–Crippen MR) is 75.8 cm³/mol. The van der Waals surface area contributed by atoms with E-state index in [0.717, 1.165) is 22.9 Å². The molecule has 0 fully saturated rings. The highest BCUT2D eigenvalue weighted by Crippen LogP contribution is 2.25. The van der Waals surface area contributed by atoms with E-state index in [4.69, 9.17) is 5.73 Å². The zero-order valence-electron chi connectivity index (χ0n) is 9.94. The van der Waals surface area contributed by atoms with Gasteiger partial charge in [0.2, 0.25) is 0 Å². The molecule has 0 radical (unpaired) electrons. The summed E-state index contributed by atoms with van der Waals surface area (Å²) in [6, 6.07) is 14.6. The monoisotopic (exact) mass is 307 g/mol. The van der Waals surface area contributed by atoms with E-state index in [-0.39, 0.29) is 11.9 Å². The number of benzene rings is 2. The van der Waals surface area contributed by atoms with E-state index in [1.165, 1.54) is 17.7 Å². The zero-order valence-corrected chi connectivity index (χ0v) is 11.5. The van der Waals surface area contributed by atoms with Crippen LogP contribution in [-0.4, -0.2) is 0 Å². The molecule has 2 N–H and O–H groups in total. The van der Waals surface area contributed by atoms with E-state index in [1.807, 2.05) is 18.2 Å². The summed E-state index contributed by atoms with van der Waals surface area (Å²) in [5, 5.41) is 0. The second-order valence-corrected chi connectivity index (χ2v) is 5.15. The van der Waals surface area contributed by atoms with E-state index in [1.54, 1.807) is 6.07 Å². The molecule has 0 aliphatic heterocycles. The van der Waals surface area contributed by atoms with Gasteiger partial charge in [0.15, 0.2) is 0 Å². The first-order valence-corrected chi connectivity index (χ1v) is 6.70. The van der Waals surface area contributed by atoms with E-state index < -0.39 is 0 Å². The fourth-order valence-corrected chi connectivity index (χ4v) is 2.46. The lowest BCUT2D eigenvalue weighted by atomic mass is 10.00. The minimum atomic E-state index is -0.247. The first-order valence-electron chi connectivity index (χ1n) is 5.91. The molecule has 0 heterocycles. The van der Waals surface area contributed by atoms with Crippen LogP contribution in [0, 0.1) is 5.82 Å². The third-order valence-electron chi connectivity index (χ3n) is 2.94. The SMILES string of the molecule is NC(CCc1ccccc1)c1cc(F)ccc1Br. The number of hydrogen-bond acceptors (Lipinski definition) is 1. The second-order valence-electron chi connectivity index (χ2n) is 4.30. The standard InChI is InChI=1S/C15H15BrFN/c16-14-8-7-12(17)10-13(14)15(18)9-6-11-4-2-1-3-5-11/h1-5,7-8,10,15H,6,9,18H2. The summed E-state index contributed by atoms with van der Waals surface area (Å²) in [5.74, 6) is -0.247. The Hall–Kier alpha value is -1.19. The number of halogens is 2. The van der Waals surface area contributed by atoms with Crippen LogP contribution in [0.1, 0.15) is 23.6 Å².